The first-order valence-corrected chi connectivity index (χ1v) is 17.4. The van der Waals surface area contributed by atoms with Gasteiger partial charge < -0.3 is 37.9 Å². The standard InChI is InChI=1S/C37H39N3O9S/c1-40(2)31-26-16-23-15-24-28(45-3)17-27(39-50(43)44)34(47-19-21-11-7-5-8-12-21)30(24)32(41)29(23)35(42)37(26,46-4)18-25-33(31)49-38-36(25)48-20-22-13-9-6-10-14-22/h5-14,17,23,26,31,39,41H,15-16,18-20H2,1-4H3,(H,43,44)/p-1/t23-,26-,31-,37-/m0/s1. The smallest absolute Gasteiger partial charge is 0.258 e. The first-order valence-electron chi connectivity index (χ1n) is 16.3. The van der Waals surface area contributed by atoms with Crippen molar-refractivity contribution in [3.63, 3.8) is 0 Å². The molecule has 5 atom stereocenters. The van der Waals surface area contributed by atoms with E-state index in [1.54, 1.807) is 6.07 Å². The largest absolute Gasteiger partial charge is 0.755 e. The maximum Gasteiger partial charge on any atom is 0.258 e. The van der Waals surface area contributed by atoms with Gasteiger partial charge in [-0.15, -0.1) is 0 Å². The van der Waals surface area contributed by atoms with Crippen molar-refractivity contribution in [3.05, 3.63) is 106 Å². The van der Waals surface area contributed by atoms with E-state index in [-0.39, 0.29) is 71.6 Å². The Labute approximate surface area is 292 Å². The van der Waals surface area contributed by atoms with Crippen LogP contribution in [0.2, 0.25) is 0 Å². The predicted octanol–water partition coefficient (Wildman–Crippen LogP) is 5.32. The molecule has 0 aliphatic heterocycles. The number of aliphatic hydroxyl groups excluding tert-OH is 1. The number of aliphatic hydroxyl groups is 1. The van der Waals surface area contributed by atoms with Crippen LogP contribution in [0.1, 0.15) is 46.0 Å². The Bertz CT molecular complexity index is 1960. The predicted molar refractivity (Wildman–Crippen MR) is 183 cm³/mol. The van der Waals surface area contributed by atoms with Crippen LogP contribution in [0, 0.1) is 11.8 Å². The van der Waals surface area contributed by atoms with Crippen molar-refractivity contribution in [3.8, 4) is 17.4 Å². The lowest BCUT2D eigenvalue weighted by Crippen LogP contribution is -2.60. The molecule has 2 N–H and O–H groups in total. The van der Waals surface area contributed by atoms with Gasteiger partial charge in [0.25, 0.3) is 5.88 Å². The summed E-state index contributed by atoms with van der Waals surface area (Å²) in [5.74, 6) is -0.0935. The van der Waals surface area contributed by atoms with Crippen LogP contribution < -0.4 is 18.9 Å². The van der Waals surface area contributed by atoms with E-state index in [2.05, 4.69) is 9.88 Å². The fraction of sp³-hybridized carbons (Fsp3) is 0.351. The van der Waals surface area contributed by atoms with Gasteiger partial charge >= 0.3 is 0 Å². The number of Topliss-reactive ketones (excluding diaryl/α,β-unsaturated/α-hetero) is 1. The maximum atomic E-state index is 15.0. The van der Waals surface area contributed by atoms with Crippen molar-refractivity contribution in [2.45, 2.75) is 44.1 Å². The highest BCUT2D eigenvalue weighted by Crippen LogP contribution is 2.58. The van der Waals surface area contributed by atoms with Crippen LogP contribution in [0.25, 0.3) is 5.76 Å². The Hall–Kier alpha value is -4.69. The first-order chi connectivity index (χ1) is 24.2. The molecular weight excluding hydrogens is 662 g/mol. The minimum Gasteiger partial charge on any atom is -0.755 e. The van der Waals surface area contributed by atoms with Gasteiger partial charge in [0, 0.05) is 47.9 Å². The van der Waals surface area contributed by atoms with E-state index < -0.39 is 22.8 Å². The fourth-order valence-corrected chi connectivity index (χ4v) is 8.25. The zero-order valence-electron chi connectivity index (χ0n) is 28.1. The van der Waals surface area contributed by atoms with Crippen molar-refractivity contribution in [1.82, 2.24) is 10.1 Å². The SMILES string of the molecule is COc1cc(NS(=O)[O-])c(OCc2ccccc2)c2c1C[C@H]1C[C@H]3[C@H](N(C)C)c4onc(OCc5ccccc5)c4C[C@@]3(OC)C(=O)C1=C2O. The van der Waals surface area contributed by atoms with Gasteiger partial charge in [-0.05, 0) is 49.1 Å². The number of carbonyl (C=O) groups is 1. The lowest BCUT2D eigenvalue weighted by Gasteiger charge is -2.52. The Morgan fingerprint density at radius 2 is 1.70 bits per heavy atom. The van der Waals surface area contributed by atoms with Gasteiger partial charge in [0.2, 0.25) is 0 Å². The summed E-state index contributed by atoms with van der Waals surface area (Å²) < 4.78 is 56.6. The molecule has 0 radical (unpaired) electrons. The van der Waals surface area contributed by atoms with Gasteiger partial charge in [-0.25, -0.2) is 0 Å². The minimum atomic E-state index is -2.72. The third-order valence-corrected chi connectivity index (χ3v) is 10.5. The molecule has 3 aliphatic rings. The van der Waals surface area contributed by atoms with Gasteiger partial charge in [-0.3, -0.25) is 13.9 Å². The van der Waals surface area contributed by atoms with Crippen molar-refractivity contribution in [2.75, 3.05) is 33.0 Å². The van der Waals surface area contributed by atoms with E-state index in [0.29, 0.717) is 35.5 Å². The summed E-state index contributed by atoms with van der Waals surface area (Å²) in [5, 5.41) is 16.5. The number of ether oxygens (including phenoxy) is 4. The monoisotopic (exact) mass is 700 g/mol. The summed E-state index contributed by atoms with van der Waals surface area (Å²) in [6.07, 6.45) is 0.918. The number of nitrogens with zero attached hydrogens (tertiary/aromatic N) is 2. The summed E-state index contributed by atoms with van der Waals surface area (Å²) >= 11 is -2.72. The van der Waals surface area contributed by atoms with Crippen molar-refractivity contribution in [2.24, 2.45) is 11.8 Å². The number of benzene rings is 3. The minimum absolute atomic E-state index is 0.0673. The number of aromatic nitrogens is 1. The molecule has 1 unspecified atom stereocenters. The second kappa shape index (κ2) is 13.6. The molecule has 1 saturated carbocycles. The summed E-state index contributed by atoms with van der Waals surface area (Å²) in [7, 11) is 6.83. The molecule has 0 bridgehead atoms. The fourth-order valence-electron chi connectivity index (χ4n) is 7.92. The second-order valence-corrected chi connectivity index (χ2v) is 13.7. The van der Waals surface area contributed by atoms with E-state index >= 15 is 4.79 Å². The maximum absolute atomic E-state index is 15.0. The Balaban J connectivity index is 1.34. The van der Waals surface area contributed by atoms with E-state index in [9.17, 15) is 13.9 Å². The first kappa shape index (κ1) is 33.8. The summed E-state index contributed by atoms with van der Waals surface area (Å²) in [6, 6.07) is 20.2. The molecule has 1 aromatic heterocycles. The Morgan fingerprint density at radius 3 is 2.30 bits per heavy atom. The van der Waals surface area contributed by atoms with E-state index in [4.69, 9.17) is 23.5 Å². The zero-order valence-corrected chi connectivity index (χ0v) is 29.0. The van der Waals surface area contributed by atoms with Crippen LogP contribution in [0.15, 0.2) is 76.8 Å². The van der Waals surface area contributed by atoms with Crippen LogP contribution in [0.4, 0.5) is 5.69 Å². The molecule has 262 valence electrons. The third-order valence-electron chi connectivity index (χ3n) is 10.1. The summed E-state index contributed by atoms with van der Waals surface area (Å²) in [5.41, 5.74) is 2.10. The topological polar surface area (TPSA) is 156 Å². The number of carbonyl (C=O) groups excluding carboxylic acids is 1. The lowest BCUT2D eigenvalue weighted by atomic mass is 9.57. The Kier molecular flexibility index (Phi) is 9.16. The summed E-state index contributed by atoms with van der Waals surface area (Å²) in [4.78, 5) is 17.0. The van der Waals surface area contributed by atoms with Crippen LogP contribution in [-0.4, -0.2) is 63.6 Å². The quantitative estimate of drug-likeness (QED) is 0.195. The molecule has 1 fully saturated rings. The van der Waals surface area contributed by atoms with Gasteiger partial charge in [0.05, 0.1) is 30.0 Å². The zero-order chi connectivity index (χ0) is 35.2. The second-order valence-electron chi connectivity index (χ2n) is 13.0. The van der Waals surface area contributed by atoms with Crippen molar-refractivity contribution >= 4 is 28.5 Å². The number of fused-ring (bicyclic) bond motifs is 4. The van der Waals surface area contributed by atoms with Gasteiger partial charge in [0.15, 0.2) is 17.3 Å². The number of methoxy groups -OCH3 is 2. The molecule has 13 heteroatoms. The molecule has 0 saturated heterocycles. The van der Waals surface area contributed by atoms with Crippen LogP contribution in [0.5, 0.6) is 17.4 Å². The molecule has 4 aromatic rings. The van der Waals surface area contributed by atoms with E-state index in [1.807, 2.05) is 79.7 Å². The number of rotatable bonds is 11. The molecule has 1 heterocycles. The normalized spacial score (nSPS) is 23.0. The highest BCUT2D eigenvalue weighted by atomic mass is 32.2. The highest BCUT2D eigenvalue weighted by molar-refractivity contribution is 7.80. The number of hydrogen-bond acceptors (Lipinski definition) is 11. The highest BCUT2D eigenvalue weighted by Gasteiger charge is 2.62. The van der Waals surface area contributed by atoms with Crippen LogP contribution in [0.3, 0.4) is 0 Å². The van der Waals surface area contributed by atoms with E-state index in [1.165, 1.54) is 14.2 Å². The van der Waals surface area contributed by atoms with Gasteiger partial charge in [-0.2, -0.15) is 0 Å². The van der Waals surface area contributed by atoms with Crippen LogP contribution in [-0.2, 0) is 46.9 Å². The summed E-state index contributed by atoms with van der Waals surface area (Å²) in [6.45, 7) is 0.336. The Morgan fingerprint density at radius 1 is 1.04 bits per heavy atom. The van der Waals surface area contributed by atoms with Gasteiger partial charge in [0.1, 0.15) is 30.3 Å². The average Bonchev–Trinajstić information content (AvgIpc) is 3.51. The molecular formula is C37H38N3O9S-. The van der Waals surface area contributed by atoms with Crippen LogP contribution >= 0.6 is 0 Å². The van der Waals surface area contributed by atoms with Crippen molar-refractivity contribution in [1.29, 1.82) is 0 Å². The number of hydrogen-bond donors (Lipinski definition) is 2. The lowest BCUT2D eigenvalue weighted by molar-refractivity contribution is -0.158. The molecule has 0 amide bonds. The molecule has 3 aliphatic carbocycles. The van der Waals surface area contributed by atoms with Crippen molar-refractivity contribution < 1.29 is 42.1 Å². The molecule has 3 aromatic carbocycles. The number of nitrogens with one attached hydrogen (secondary N) is 1. The molecule has 12 nitrogen and oxygen atoms in total. The van der Waals surface area contributed by atoms with E-state index in [0.717, 1.165) is 11.1 Å². The molecule has 7 rings (SSSR count). The van der Waals surface area contributed by atoms with Gasteiger partial charge in [-0.1, -0.05) is 60.7 Å². The number of ketones is 1. The molecule has 0 spiro atoms. The molecule has 50 heavy (non-hydrogen) atoms. The third kappa shape index (κ3) is 5.73. The average molecular weight is 701 g/mol. The number of anilines is 1.